The number of carbonyl (C=O) groups excluding carboxylic acids is 2. The molecule has 2 aromatic rings. The van der Waals surface area contributed by atoms with Gasteiger partial charge in [0.15, 0.2) is 0 Å². The van der Waals surface area contributed by atoms with Crippen molar-refractivity contribution in [2.24, 2.45) is 0 Å². The standard InChI is InChI=1S/C19H24N4O2S/c1-14-3-5-16(6-4-14)18(24)22-8-10-23(11-9-22)19(25)21-13-15(2)17-20-7-12-26-17/h3-7,12,15H,8-11,13H2,1-2H3,(H,21,25)/t15-/m0/s1. The van der Waals surface area contributed by atoms with Gasteiger partial charge in [0.25, 0.3) is 5.91 Å². The fourth-order valence-corrected chi connectivity index (χ4v) is 3.61. The molecule has 6 nitrogen and oxygen atoms in total. The van der Waals surface area contributed by atoms with E-state index >= 15 is 0 Å². The zero-order chi connectivity index (χ0) is 18.5. The summed E-state index contributed by atoms with van der Waals surface area (Å²) in [6.07, 6.45) is 1.78. The summed E-state index contributed by atoms with van der Waals surface area (Å²) in [4.78, 5) is 32.7. The number of hydrogen-bond acceptors (Lipinski definition) is 4. The van der Waals surface area contributed by atoms with Gasteiger partial charge in [0.2, 0.25) is 0 Å². The normalized spacial score (nSPS) is 15.6. The molecule has 1 aliphatic heterocycles. The second-order valence-corrected chi connectivity index (χ2v) is 7.53. The smallest absolute Gasteiger partial charge is 0.317 e. The summed E-state index contributed by atoms with van der Waals surface area (Å²) in [5.74, 6) is 0.228. The van der Waals surface area contributed by atoms with Gasteiger partial charge < -0.3 is 15.1 Å². The molecule has 0 bridgehead atoms. The summed E-state index contributed by atoms with van der Waals surface area (Å²) in [6.45, 7) is 6.83. The highest BCUT2D eigenvalue weighted by Crippen LogP contribution is 2.16. The zero-order valence-corrected chi connectivity index (χ0v) is 16.0. The van der Waals surface area contributed by atoms with Crippen molar-refractivity contribution in [2.45, 2.75) is 19.8 Å². The molecule has 1 saturated heterocycles. The topological polar surface area (TPSA) is 65.5 Å². The largest absolute Gasteiger partial charge is 0.337 e. The van der Waals surface area contributed by atoms with Gasteiger partial charge in [0, 0.05) is 55.8 Å². The lowest BCUT2D eigenvalue weighted by atomic mass is 10.1. The Morgan fingerprint density at radius 1 is 1.15 bits per heavy atom. The second kappa shape index (κ2) is 8.31. The lowest BCUT2D eigenvalue weighted by Gasteiger charge is -2.35. The Balaban J connectivity index is 1.46. The van der Waals surface area contributed by atoms with E-state index in [9.17, 15) is 9.59 Å². The number of nitrogens with zero attached hydrogens (tertiary/aromatic N) is 3. The Morgan fingerprint density at radius 3 is 2.42 bits per heavy atom. The maximum atomic E-state index is 12.5. The van der Waals surface area contributed by atoms with Crippen LogP contribution in [-0.4, -0.2) is 59.4 Å². The summed E-state index contributed by atoms with van der Waals surface area (Å²) in [6, 6.07) is 7.53. The third-order valence-electron chi connectivity index (χ3n) is 4.59. The number of urea groups is 1. The van der Waals surface area contributed by atoms with Gasteiger partial charge in [-0.3, -0.25) is 4.79 Å². The van der Waals surface area contributed by atoms with Gasteiger partial charge >= 0.3 is 6.03 Å². The minimum atomic E-state index is -0.0733. The highest BCUT2D eigenvalue weighted by Gasteiger charge is 2.25. The molecule has 0 aliphatic carbocycles. The molecule has 2 heterocycles. The molecule has 1 N–H and O–H groups in total. The summed E-state index contributed by atoms with van der Waals surface area (Å²) in [7, 11) is 0. The number of rotatable bonds is 4. The third-order valence-corrected chi connectivity index (χ3v) is 5.59. The number of amides is 3. The van der Waals surface area contributed by atoms with Crippen molar-refractivity contribution in [1.82, 2.24) is 20.1 Å². The summed E-state index contributed by atoms with van der Waals surface area (Å²) in [5, 5.41) is 5.94. The molecule has 1 fully saturated rings. The van der Waals surface area contributed by atoms with Crippen LogP contribution in [0.1, 0.15) is 33.8 Å². The van der Waals surface area contributed by atoms with Crippen LogP contribution in [0, 0.1) is 6.92 Å². The molecule has 0 spiro atoms. The Labute approximate surface area is 157 Å². The van der Waals surface area contributed by atoms with Crippen LogP contribution in [0.15, 0.2) is 35.8 Å². The van der Waals surface area contributed by atoms with Crippen LogP contribution in [0.25, 0.3) is 0 Å². The van der Waals surface area contributed by atoms with Gasteiger partial charge in [-0.2, -0.15) is 0 Å². The predicted molar refractivity (Wildman–Crippen MR) is 103 cm³/mol. The molecular formula is C19H24N4O2S. The van der Waals surface area contributed by atoms with Crippen LogP contribution in [0.4, 0.5) is 4.79 Å². The minimum absolute atomic E-state index is 0.0300. The number of thiazole rings is 1. The summed E-state index contributed by atoms with van der Waals surface area (Å²) >= 11 is 1.60. The highest BCUT2D eigenvalue weighted by atomic mass is 32.1. The van der Waals surface area contributed by atoms with Gasteiger partial charge in [-0.25, -0.2) is 9.78 Å². The van der Waals surface area contributed by atoms with E-state index < -0.39 is 0 Å². The molecule has 1 aromatic heterocycles. The van der Waals surface area contributed by atoms with Crippen molar-refractivity contribution in [1.29, 1.82) is 0 Å². The van der Waals surface area contributed by atoms with Crippen molar-refractivity contribution >= 4 is 23.3 Å². The average molecular weight is 372 g/mol. The van der Waals surface area contributed by atoms with Crippen molar-refractivity contribution < 1.29 is 9.59 Å². The van der Waals surface area contributed by atoms with Crippen LogP contribution < -0.4 is 5.32 Å². The maximum absolute atomic E-state index is 12.5. The van der Waals surface area contributed by atoms with Crippen molar-refractivity contribution in [3.63, 3.8) is 0 Å². The molecular weight excluding hydrogens is 348 g/mol. The van der Waals surface area contributed by atoms with E-state index in [0.717, 1.165) is 10.6 Å². The molecule has 7 heteroatoms. The number of carbonyl (C=O) groups is 2. The first kappa shape index (κ1) is 18.4. The molecule has 0 unspecified atom stereocenters. The van der Waals surface area contributed by atoms with Crippen LogP contribution in [0.3, 0.4) is 0 Å². The molecule has 26 heavy (non-hydrogen) atoms. The SMILES string of the molecule is Cc1ccc(C(=O)N2CCN(C(=O)NC[C@H](C)c3nccs3)CC2)cc1. The maximum Gasteiger partial charge on any atom is 0.317 e. The van der Waals surface area contributed by atoms with Gasteiger partial charge in [-0.15, -0.1) is 11.3 Å². The van der Waals surface area contributed by atoms with Crippen LogP contribution in [-0.2, 0) is 0 Å². The number of aromatic nitrogens is 1. The van der Waals surface area contributed by atoms with E-state index in [2.05, 4.69) is 17.2 Å². The number of benzene rings is 1. The molecule has 138 valence electrons. The van der Waals surface area contributed by atoms with Crippen LogP contribution in [0.5, 0.6) is 0 Å². The molecule has 1 aliphatic rings. The van der Waals surface area contributed by atoms with Gasteiger partial charge in [-0.1, -0.05) is 24.6 Å². The Kier molecular flexibility index (Phi) is 5.88. The molecule has 1 aromatic carbocycles. The molecule has 3 rings (SSSR count). The predicted octanol–water partition coefficient (Wildman–Crippen LogP) is 2.72. The van der Waals surface area contributed by atoms with E-state index in [4.69, 9.17) is 0 Å². The van der Waals surface area contributed by atoms with E-state index in [1.807, 2.05) is 41.5 Å². The lowest BCUT2D eigenvalue weighted by Crippen LogP contribution is -2.53. The lowest BCUT2D eigenvalue weighted by molar-refractivity contribution is 0.0665. The number of aryl methyl sites for hydroxylation is 1. The minimum Gasteiger partial charge on any atom is -0.337 e. The first-order valence-electron chi connectivity index (χ1n) is 8.82. The first-order chi connectivity index (χ1) is 12.5. The van der Waals surface area contributed by atoms with Gasteiger partial charge in [0.1, 0.15) is 0 Å². The first-order valence-corrected chi connectivity index (χ1v) is 9.70. The van der Waals surface area contributed by atoms with Gasteiger partial charge in [-0.05, 0) is 19.1 Å². The number of nitrogens with one attached hydrogen (secondary N) is 1. The fourth-order valence-electron chi connectivity index (χ4n) is 2.91. The number of hydrogen-bond donors (Lipinski definition) is 1. The van der Waals surface area contributed by atoms with E-state index in [0.29, 0.717) is 38.3 Å². The zero-order valence-electron chi connectivity index (χ0n) is 15.1. The second-order valence-electron chi connectivity index (χ2n) is 6.60. The van der Waals surface area contributed by atoms with E-state index in [1.54, 1.807) is 22.4 Å². The fraction of sp³-hybridized carbons (Fsp3) is 0.421. The molecule has 1 atom stereocenters. The Morgan fingerprint density at radius 2 is 1.81 bits per heavy atom. The van der Waals surface area contributed by atoms with Crippen LogP contribution in [0.2, 0.25) is 0 Å². The van der Waals surface area contributed by atoms with Crippen molar-refractivity contribution in [3.05, 3.63) is 52.0 Å². The third kappa shape index (κ3) is 4.40. The number of piperazine rings is 1. The Hall–Kier alpha value is -2.41. The average Bonchev–Trinajstić information content (AvgIpc) is 3.21. The van der Waals surface area contributed by atoms with Gasteiger partial charge in [0.05, 0.1) is 5.01 Å². The quantitative estimate of drug-likeness (QED) is 0.897. The van der Waals surface area contributed by atoms with Crippen molar-refractivity contribution in [2.75, 3.05) is 32.7 Å². The summed E-state index contributed by atoms with van der Waals surface area (Å²) in [5.41, 5.74) is 1.83. The monoisotopic (exact) mass is 372 g/mol. The van der Waals surface area contributed by atoms with Crippen molar-refractivity contribution in [3.8, 4) is 0 Å². The molecule has 0 radical (unpaired) electrons. The summed E-state index contributed by atoms with van der Waals surface area (Å²) < 4.78 is 0. The van der Waals surface area contributed by atoms with E-state index in [-0.39, 0.29) is 17.9 Å². The molecule has 3 amide bonds. The Bertz CT molecular complexity index is 737. The molecule has 0 saturated carbocycles. The van der Waals surface area contributed by atoms with E-state index in [1.165, 1.54) is 0 Å². The van der Waals surface area contributed by atoms with Crippen LogP contribution >= 0.6 is 11.3 Å². The highest BCUT2D eigenvalue weighted by molar-refractivity contribution is 7.09.